The third-order valence-corrected chi connectivity index (χ3v) is 5.18. The van der Waals surface area contributed by atoms with Gasteiger partial charge in [0.25, 0.3) is 0 Å². The third-order valence-electron chi connectivity index (χ3n) is 5.18. The fraction of sp³-hybridized carbons (Fsp3) is 1.00. The van der Waals surface area contributed by atoms with Crippen LogP contribution in [0.4, 0.5) is 0 Å². The Balaban J connectivity index is 1.95. The van der Waals surface area contributed by atoms with Crippen molar-refractivity contribution in [1.82, 2.24) is 9.80 Å². The van der Waals surface area contributed by atoms with Gasteiger partial charge in [-0.3, -0.25) is 9.80 Å². The Bertz CT molecular complexity index is 256. The van der Waals surface area contributed by atoms with E-state index >= 15 is 0 Å². The Morgan fingerprint density at radius 2 is 1.82 bits per heavy atom. The Hall–Kier alpha value is -0.120. The van der Waals surface area contributed by atoms with E-state index in [9.17, 15) is 0 Å². The van der Waals surface area contributed by atoms with Crippen LogP contribution >= 0.6 is 0 Å². The number of nitrogens with zero attached hydrogens (tertiary/aromatic N) is 2. The van der Waals surface area contributed by atoms with Gasteiger partial charge in [-0.1, -0.05) is 13.3 Å². The molecule has 1 aliphatic heterocycles. The number of hydrogen-bond donors (Lipinski definition) is 1. The maximum absolute atomic E-state index is 6.29. The summed E-state index contributed by atoms with van der Waals surface area (Å²) >= 11 is 0. The molecule has 2 rings (SSSR count). The number of hydrogen-bond acceptors (Lipinski definition) is 3. The van der Waals surface area contributed by atoms with Gasteiger partial charge < -0.3 is 5.73 Å². The summed E-state index contributed by atoms with van der Waals surface area (Å²) in [5, 5.41) is 0. The highest BCUT2D eigenvalue weighted by atomic mass is 15.3. The molecular formula is C14H29N3. The molecule has 1 heterocycles. The molecule has 100 valence electrons. The van der Waals surface area contributed by atoms with Gasteiger partial charge in [0.05, 0.1) is 0 Å². The number of piperazine rings is 1. The first-order chi connectivity index (χ1) is 7.92. The quantitative estimate of drug-likeness (QED) is 0.793. The summed E-state index contributed by atoms with van der Waals surface area (Å²) in [6.07, 6.45) is 3.84. The summed E-state index contributed by atoms with van der Waals surface area (Å²) in [7, 11) is 2.25. The van der Waals surface area contributed by atoms with Crippen LogP contribution in [0.2, 0.25) is 0 Å². The zero-order valence-electron chi connectivity index (χ0n) is 11.9. The van der Waals surface area contributed by atoms with Crippen LogP contribution in [0.3, 0.4) is 0 Å². The Labute approximate surface area is 106 Å². The van der Waals surface area contributed by atoms with Gasteiger partial charge in [-0.05, 0) is 39.2 Å². The van der Waals surface area contributed by atoms with Crippen LogP contribution in [0.15, 0.2) is 0 Å². The lowest BCUT2D eigenvalue weighted by Crippen LogP contribution is -2.57. The van der Waals surface area contributed by atoms with Crippen molar-refractivity contribution in [3.63, 3.8) is 0 Å². The lowest BCUT2D eigenvalue weighted by Gasteiger charge is -2.45. The van der Waals surface area contributed by atoms with Gasteiger partial charge in [0.15, 0.2) is 0 Å². The van der Waals surface area contributed by atoms with Crippen LogP contribution in [0, 0.1) is 5.41 Å². The number of rotatable bonds is 2. The predicted octanol–water partition coefficient (Wildman–Crippen LogP) is 1.53. The Morgan fingerprint density at radius 1 is 1.24 bits per heavy atom. The van der Waals surface area contributed by atoms with E-state index in [4.69, 9.17) is 5.73 Å². The van der Waals surface area contributed by atoms with Gasteiger partial charge >= 0.3 is 0 Å². The van der Waals surface area contributed by atoms with Crippen molar-refractivity contribution >= 4 is 0 Å². The smallest absolute Gasteiger partial charge is 0.0195 e. The molecule has 0 aromatic rings. The van der Waals surface area contributed by atoms with Gasteiger partial charge in [-0.15, -0.1) is 0 Å². The van der Waals surface area contributed by atoms with Crippen LogP contribution in [-0.2, 0) is 0 Å². The molecular weight excluding hydrogens is 210 g/mol. The molecule has 0 bridgehead atoms. The monoisotopic (exact) mass is 239 g/mol. The highest BCUT2D eigenvalue weighted by Gasteiger charge is 2.39. The number of likely N-dealkylation sites (N-methyl/N-ethyl adjacent to an activating group) is 1. The van der Waals surface area contributed by atoms with E-state index in [1.54, 1.807) is 0 Å². The molecule has 17 heavy (non-hydrogen) atoms. The molecule has 3 nitrogen and oxygen atoms in total. The molecule has 4 atom stereocenters. The fourth-order valence-corrected chi connectivity index (χ4v) is 3.61. The van der Waals surface area contributed by atoms with Crippen molar-refractivity contribution in [2.24, 2.45) is 11.1 Å². The van der Waals surface area contributed by atoms with Gasteiger partial charge in [0.1, 0.15) is 0 Å². The molecule has 4 unspecified atom stereocenters. The molecule has 1 aliphatic carbocycles. The van der Waals surface area contributed by atoms with E-state index in [0.29, 0.717) is 23.5 Å². The van der Waals surface area contributed by atoms with E-state index in [-0.39, 0.29) is 0 Å². The zero-order chi connectivity index (χ0) is 12.6. The fourth-order valence-electron chi connectivity index (χ4n) is 3.61. The van der Waals surface area contributed by atoms with E-state index in [0.717, 1.165) is 0 Å². The van der Waals surface area contributed by atoms with Crippen molar-refractivity contribution in [3.8, 4) is 0 Å². The summed E-state index contributed by atoms with van der Waals surface area (Å²) in [6.45, 7) is 10.6. The Morgan fingerprint density at radius 3 is 2.29 bits per heavy atom. The molecule has 2 aliphatic rings. The van der Waals surface area contributed by atoms with Crippen molar-refractivity contribution in [3.05, 3.63) is 0 Å². The Kier molecular flexibility index (Phi) is 3.81. The van der Waals surface area contributed by atoms with Crippen LogP contribution in [-0.4, -0.2) is 54.6 Å². The summed E-state index contributed by atoms with van der Waals surface area (Å²) in [6, 6.07) is 1.74. The highest BCUT2D eigenvalue weighted by molar-refractivity contribution is 4.95. The lowest BCUT2D eigenvalue weighted by molar-refractivity contribution is 0.0328. The third kappa shape index (κ3) is 2.67. The van der Waals surface area contributed by atoms with Crippen molar-refractivity contribution in [2.45, 2.75) is 58.2 Å². The first-order valence-electron chi connectivity index (χ1n) is 7.12. The van der Waals surface area contributed by atoms with Crippen molar-refractivity contribution < 1.29 is 0 Å². The average Bonchev–Trinajstić information content (AvgIpc) is 2.55. The largest absolute Gasteiger partial charge is 0.327 e. The van der Waals surface area contributed by atoms with Gasteiger partial charge in [0.2, 0.25) is 0 Å². The minimum absolute atomic E-state index is 0.356. The maximum Gasteiger partial charge on any atom is 0.0195 e. The normalized spacial score (nSPS) is 45.4. The first-order valence-corrected chi connectivity index (χ1v) is 7.12. The van der Waals surface area contributed by atoms with Crippen LogP contribution in [0.5, 0.6) is 0 Å². The molecule has 0 spiro atoms. The van der Waals surface area contributed by atoms with Gasteiger partial charge in [-0.25, -0.2) is 0 Å². The molecule has 0 radical (unpaired) electrons. The van der Waals surface area contributed by atoms with E-state index < -0.39 is 0 Å². The predicted molar refractivity (Wildman–Crippen MR) is 73.1 cm³/mol. The highest BCUT2D eigenvalue weighted by Crippen LogP contribution is 2.37. The topological polar surface area (TPSA) is 32.5 Å². The molecule has 0 amide bonds. The van der Waals surface area contributed by atoms with Crippen molar-refractivity contribution in [2.75, 3.05) is 26.7 Å². The number of nitrogens with two attached hydrogens (primary N) is 1. The second-order valence-corrected chi connectivity index (χ2v) is 6.71. The molecule has 2 N–H and O–H groups in total. The van der Waals surface area contributed by atoms with Crippen LogP contribution < -0.4 is 5.73 Å². The van der Waals surface area contributed by atoms with Crippen molar-refractivity contribution in [1.29, 1.82) is 0 Å². The van der Waals surface area contributed by atoms with E-state index in [1.165, 1.54) is 38.9 Å². The standard InChI is InChI=1S/C14H29N3/c1-11-8-17(9-12(2)16(11)4)10-14(3)7-5-6-13(14)15/h11-13H,5-10,15H2,1-4H3. The minimum atomic E-state index is 0.356. The first kappa shape index (κ1) is 13.3. The summed E-state index contributed by atoms with van der Waals surface area (Å²) in [5.41, 5.74) is 6.65. The molecule has 2 fully saturated rings. The second-order valence-electron chi connectivity index (χ2n) is 6.71. The zero-order valence-corrected chi connectivity index (χ0v) is 11.9. The average molecular weight is 239 g/mol. The summed E-state index contributed by atoms with van der Waals surface area (Å²) in [5.74, 6) is 0. The maximum atomic E-state index is 6.29. The molecule has 0 aromatic heterocycles. The second kappa shape index (κ2) is 4.87. The SMILES string of the molecule is CC1CN(CC2(C)CCCC2N)CC(C)N1C. The van der Waals surface area contributed by atoms with Crippen LogP contribution in [0.1, 0.15) is 40.0 Å². The van der Waals surface area contributed by atoms with E-state index in [2.05, 4.69) is 37.6 Å². The molecule has 1 saturated carbocycles. The van der Waals surface area contributed by atoms with Gasteiger partial charge in [-0.2, -0.15) is 0 Å². The van der Waals surface area contributed by atoms with Crippen LogP contribution in [0.25, 0.3) is 0 Å². The van der Waals surface area contributed by atoms with E-state index in [1.807, 2.05) is 0 Å². The minimum Gasteiger partial charge on any atom is -0.327 e. The summed E-state index contributed by atoms with van der Waals surface area (Å²) < 4.78 is 0. The van der Waals surface area contributed by atoms with Gasteiger partial charge in [0, 0.05) is 37.8 Å². The summed E-state index contributed by atoms with van der Waals surface area (Å²) in [4.78, 5) is 5.13. The molecule has 3 heteroatoms. The molecule has 0 aromatic carbocycles. The molecule has 1 saturated heterocycles. The lowest BCUT2D eigenvalue weighted by atomic mass is 9.84.